The molecule has 0 bridgehead atoms. The van der Waals surface area contributed by atoms with E-state index in [0.29, 0.717) is 13.1 Å². The van der Waals surface area contributed by atoms with Crippen molar-refractivity contribution in [1.82, 2.24) is 10.2 Å². The first kappa shape index (κ1) is 15.3. The number of carbonyl (C=O) groups excluding carboxylic acids is 2. The minimum absolute atomic E-state index is 0.00518. The maximum Gasteiger partial charge on any atom is 0.246 e. The van der Waals surface area contributed by atoms with Crippen LogP contribution in [0, 0.1) is 11.8 Å². The summed E-state index contributed by atoms with van der Waals surface area (Å²) in [7, 11) is 1.47. The Hall–Kier alpha value is -1.14. The molecule has 1 saturated carbocycles. The number of likely N-dealkylation sites (tertiary alicyclic amines) is 1. The van der Waals surface area contributed by atoms with Gasteiger partial charge in [-0.2, -0.15) is 0 Å². The summed E-state index contributed by atoms with van der Waals surface area (Å²) in [5, 5.41) is 12.3. The first-order chi connectivity index (χ1) is 9.65. The molecular formula is C14H24N2O4. The van der Waals surface area contributed by atoms with Gasteiger partial charge in [-0.25, -0.2) is 0 Å². The fourth-order valence-corrected chi connectivity index (χ4v) is 2.88. The zero-order chi connectivity index (χ0) is 14.5. The smallest absolute Gasteiger partial charge is 0.246 e. The molecule has 2 rings (SSSR count). The van der Waals surface area contributed by atoms with E-state index in [0.717, 1.165) is 25.7 Å². The van der Waals surface area contributed by atoms with Crippen LogP contribution < -0.4 is 5.32 Å². The van der Waals surface area contributed by atoms with Crippen LogP contribution in [0.25, 0.3) is 0 Å². The summed E-state index contributed by atoms with van der Waals surface area (Å²) in [4.78, 5) is 25.7. The molecule has 6 heteroatoms. The molecule has 1 saturated heterocycles. The van der Waals surface area contributed by atoms with Crippen molar-refractivity contribution >= 4 is 11.8 Å². The molecule has 0 aromatic rings. The number of aliphatic hydroxyl groups excluding tert-OH is 1. The van der Waals surface area contributed by atoms with Crippen LogP contribution in [-0.4, -0.2) is 61.3 Å². The van der Waals surface area contributed by atoms with E-state index in [4.69, 9.17) is 4.74 Å². The number of piperidine rings is 1. The van der Waals surface area contributed by atoms with E-state index in [2.05, 4.69) is 5.32 Å². The Morgan fingerprint density at radius 1 is 1.35 bits per heavy atom. The third-order valence-corrected chi connectivity index (χ3v) is 4.38. The average Bonchev–Trinajstić information content (AvgIpc) is 2.36. The highest BCUT2D eigenvalue weighted by Crippen LogP contribution is 2.30. The highest BCUT2D eigenvalue weighted by molar-refractivity contribution is 5.80. The Morgan fingerprint density at radius 3 is 2.65 bits per heavy atom. The predicted octanol–water partition coefficient (Wildman–Crippen LogP) is -0.241. The number of ether oxygens (including phenoxy) is 1. The molecule has 2 atom stereocenters. The molecule has 0 unspecified atom stereocenters. The molecule has 20 heavy (non-hydrogen) atoms. The third kappa shape index (κ3) is 3.49. The molecule has 2 amide bonds. The van der Waals surface area contributed by atoms with E-state index < -0.39 is 0 Å². The summed E-state index contributed by atoms with van der Waals surface area (Å²) in [5.74, 6) is 0.199. The first-order valence-corrected chi connectivity index (χ1v) is 7.33. The molecule has 2 aliphatic rings. The van der Waals surface area contributed by atoms with Gasteiger partial charge >= 0.3 is 0 Å². The van der Waals surface area contributed by atoms with Gasteiger partial charge in [0.2, 0.25) is 11.8 Å². The number of methoxy groups -OCH3 is 1. The van der Waals surface area contributed by atoms with E-state index in [1.54, 1.807) is 0 Å². The predicted molar refractivity (Wildman–Crippen MR) is 72.9 cm³/mol. The fourth-order valence-electron chi connectivity index (χ4n) is 2.88. The monoisotopic (exact) mass is 284 g/mol. The minimum atomic E-state index is -0.200. The summed E-state index contributed by atoms with van der Waals surface area (Å²) < 4.78 is 4.80. The van der Waals surface area contributed by atoms with Crippen molar-refractivity contribution < 1.29 is 19.4 Å². The Bertz CT molecular complexity index is 357. The largest absolute Gasteiger partial charge is 0.396 e. The minimum Gasteiger partial charge on any atom is -0.396 e. The fraction of sp³-hybridized carbons (Fsp3) is 0.857. The van der Waals surface area contributed by atoms with Crippen LogP contribution in [0.5, 0.6) is 0 Å². The molecule has 6 nitrogen and oxygen atoms in total. The Labute approximate surface area is 119 Å². The maximum absolute atomic E-state index is 12.3. The zero-order valence-electron chi connectivity index (χ0n) is 12.0. The van der Waals surface area contributed by atoms with Crippen LogP contribution in [0.15, 0.2) is 0 Å². The number of nitrogens with one attached hydrogen (secondary N) is 1. The molecule has 0 spiro atoms. The molecule has 1 heterocycles. The second kappa shape index (κ2) is 7.04. The highest BCUT2D eigenvalue weighted by atomic mass is 16.5. The normalized spacial score (nSPS) is 27.0. The number of nitrogens with zero attached hydrogens (tertiary/aromatic N) is 1. The highest BCUT2D eigenvalue weighted by Gasteiger charge is 2.36. The van der Waals surface area contributed by atoms with Gasteiger partial charge in [-0.05, 0) is 19.3 Å². The Balaban J connectivity index is 1.92. The number of amides is 2. The lowest BCUT2D eigenvalue weighted by Gasteiger charge is -2.40. The van der Waals surface area contributed by atoms with E-state index in [9.17, 15) is 14.7 Å². The van der Waals surface area contributed by atoms with Crippen molar-refractivity contribution in [3.8, 4) is 0 Å². The number of rotatable bonds is 5. The molecule has 1 aliphatic heterocycles. The van der Waals surface area contributed by atoms with Gasteiger partial charge in [0, 0.05) is 38.6 Å². The maximum atomic E-state index is 12.3. The van der Waals surface area contributed by atoms with Crippen LogP contribution in [0.4, 0.5) is 0 Å². The van der Waals surface area contributed by atoms with Gasteiger partial charge in [-0.3, -0.25) is 9.59 Å². The number of aliphatic hydroxyl groups is 1. The average molecular weight is 284 g/mol. The van der Waals surface area contributed by atoms with Crippen molar-refractivity contribution in [2.45, 2.75) is 31.7 Å². The zero-order valence-corrected chi connectivity index (χ0v) is 12.0. The van der Waals surface area contributed by atoms with Crippen LogP contribution in [0.3, 0.4) is 0 Å². The Morgan fingerprint density at radius 2 is 2.10 bits per heavy atom. The number of carbonyl (C=O) groups is 2. The van der Waals surface area contributed by atoms with Crippen LogP contribution >= 0.6 is 0 Å². The topological polar surface area (TPSA) is 78.9 Å². The number of hydrogen-bond donors (Lipinski definition) is 2. The van der Waals surface area contributed by atoms with Gasteiger partial charge in [-0.15, -0.1) is 0 Å². The summed E-state index contributed by atoms with van der Waals surface area (Å²) in [6.45, 7) is 1.21. The van der Waals surface area contributed by atoms with Gasteiger partial charge in [0.05, 0.1) is 6.04 Å². The molecule has 0 aromatic carbocycles. The van der Waals surface area contributed by atoms with Crippen LogP contribution in [0.2, 0.25) is 0 Å². The Kier molecular flexibility index (Phi) is 5.37. The van der Waals surface area contributed by atoms with Gasteiger partial charge in [0.25, 0.3) is 0 Å². The SMILES string of the molecule is COCC(=O)N[C@@H]1CN(C(=O)C2CCC2)CC[C@@H]1CO. The van der Waals surface area contributed by atoms with E-state index in [1.807, 2.05) is 4.90 Å². The number of hydrogen-bond acceptors (Lipinski definition) is 4. The molecule has 2 fully saturated rings. The van der Waals surface area contributed by atoms with E-state index in [-0.39, 0.29) is 42.9 Å². The lowest BCUT2D eigenvalue weighted by atomic mass is 9.83. The molecule has 2 N–H and O–H groups in total. The van der Waals surface area contributed by atoms with Crippen molar-refractivity contribution in [1.29, 1.82) is 0 Å². The van der Waals surface area contributed by atoms with Gasteiger partial charge in [0.15, 0.2) is 0 Å². The van der Waals surface area contributed by atoms with Crippen molar-refractivity contribution in [2.24, 2.45) is 11.8 Å². The molecular weight excluding hydrogens is 260 g/mol. The molecule has 0 radical (unpaired) electrons. The summed E-state index contributed by atoms with van der Waals surface area (Å²) in [6.07, 6.45) is 3.84. The van der Waals surface area contributed by atoms with Crippen LogP contribution in [0.1, 0.15) is 25.7 Å². The summed E-state index contributed by atoms with van der Waals surface area (Å²) in [6, 6.07) is -0.180. The standard InChI is InChI=1S/C14H24N2O4/c1-20-9-13(18)15-12-7-16(6-5-11(12)8-17)14(19)10-3-2-4-10/h10-12,17H,2-9H2,1H3,(H,15,18)/t11-,12-/m1/s1. The van der Waals surface area contributed by atoms with E-state index >= 15 is 0 Å². The second-order valence-corrected chi connectivity index (χ2v) is 5.75. The van der Waals surface area contributed by atoms with Gasteiger partial charge < -0.3 is 20.1 Å². The molecule has 114 valence electrons. The second-order valence-electron chi connectivity index (χ2n) is 5.75. The van der Waals surface area contributed by atoms with Gasteiger partial charge in [-0.1, -0.05) is 6.42 Å². The molecule has 0 aromatic heterocycles. The third-order valence-electron chi connectivity index (χ3n) is 4.38. The van der Waals surface area contributed by atoms with Crippen molar-refractivity contribution in [3.63, 3.8) is 0 Å². The van der Waals surface area contributed by atoms with Crippen molar-refractivity contribution in [3.05, 3.63) is 0 Å². The van der Waals surface area contributed by atoms with Crippen LogP contribution in [-0.2, 0) is 14.3 Å². The van der Waals surface area contributed by atoms with Crippen molar-refractivity contribution in [2.75, 3.05) is 33.4 Å². The summed E-state index contributed by atoms with van der Waals surface area (Å²) in [5.41, 5.74) is 0. The molecule has 1 aliphatic carbocycles. The summed E-state index contributed by atoms with van der Waals surface area (Å²) >= 11 is 0. The lowest BCUT2D eigenvalue weighted by molar-refractivity contribution is -0.141. The van der Waals surface area contributed by atoms with Gasteiger partial charge in [0.1, 0.15) is 6.61 Å². The first-order valence-electron chi connectivity index (χ1n) is 7.33. The van der Waals surface area contributed by atoms with E-state index in [1.165, 1.54) is 7.11 Å². The quantitative estimate of drug-likeness (QED) is 0.730. The lowest BCUT2D eigenvalue weighted by Crippen LogP contribution is -2.56.